The Kier molecular flexibility index (Phi) is 5.89. The second kappa shape index (κ2) is 8.19. The molecule has 5 nitrogen and oxygen atoms in total. The molecule has 1 amide bonds. The molecular formula is C22H26N2O3S. The Balaban J connectivity index is 1.93. The maximum atomic E-state index is 13.1. The molecule has 3 aromatic rings. The number of aromatic nitrogens is 1. The first-order valence-electron chi connectivity index (χ1n) is 9.39. The topological polar surface area (TPSA) is 68.2 Å². The summed E-state index contributed by atoms with van der Waals surface area (Å²) in [5.74, 6) is 0.161. The van der Waals surface area contributed by atoms with Gasteiger partial charge in [-0.25, -0.2) is 8.42 Å². The third-order valence-electron chi connectivity index (χ3n) is 4.59. The Bertz CT molecular complexity index is 1080. The molecule has 0 aliphatic carbocycles. The molecule has 0 bridgehead atoms. The molecule has 0 radical (unpaired) electrons. The number of nitrogens with zero attached hydrogens (tertiary/aromatic N) is 1. The Morgan fingerprint density at radius 3 is 2.43 bits per heavy atom. The van der Waals surface area contributed by atoms with Crippen LogP contribution in [0.5, 0.6) is 0 Å². The summed E-state index contributed by atoms with van der Waals surface area (Å²) >= 11 is 0. The summed E-state index contributed by atoms with van der Waals surface area (Å²) < 4.78 is 27.9. The maximum Gasteiger partial charge on any atom is 0.239 e. The SMILES string of the molecule is Cc1ccc(CS(=O)(=O)c2cn(CC(=O)NCC(C)C)c3ccccc23)cc1. The molecule has 28 heavy (non-hydrogen) atoms. The minimum Gasteiger partial charge on any atom is -0.354 e. The van der Waals surface area contributed by atoms with E-state index in [2.05, 4.69) is 5.32 Å². The zero-order chi connectivity index (χ0) is 20.3. The standard InChI is InChI=1S/C22H26N2O3S/c1-16(2)12-23-22(25)14-24-13-21(19-6-4-5-7-20(19)24)28(26,27)15-18-10-8-17(3)9-11-18/h4-11,13,16H,12,14-15H2,1-3H3,(H,23,25). The van der Waals surface area contributed by atoms with Crippen LogP contribution in [0.15, 0.2) is 59.6 Å². The van der Waals surface area contributed by atoms with Gasteiger partial charge in [-0.05, 0) is 24.5 Å². The van der Waals surface area contributed by atoms with Crippen molar-refractivity contribution in [2.75, 3.05) is 6.54 Å². The van der Waals surface area contributed by atoms with Gasteiger partial charge in [0.1, 0.15) is 6.54 Å². The number of fused-ring (bicyclic) bond motifs is 1. The molecule has 1 N–H and O–H groups in total. The molecule has 0 unspecified atom stereocenters. The second-order valence-electron chi connectivity index (χ2n) is 7.58. The Morgan fingerprint density at radius 2 is 1.75 bits per heavy atom. The summed E-state index contributed by atoms with van der Waals surface area (Å²) in [5, 5.41) is 3.52. The number of aryl methyl sites for hydroxylation is 1. The first kappa shape index (κ1) is 20.1. The Morgan fingerprint density at radius 1 is 1.07 bits per heavy atom. The van der Waals surface area contributed by atoms with Crippen LogP contribution in [0.1, 0.15) is 25.0 Å². The van der Waals surface area contributed by atoms with Crippen molar-refractivity contribution in [1.29, 1.82) is 0 Å². The van der Waals surface area contributed by atoms with Crippen LogP contribution in [0.2, 0.25) is 0 Å². The molecule has 1 aromatic heterocycles. The van der Waals surface area contributed by atoms with Gasteiger partial charge < -0.3 is 9.88 Å². The molecule has 0 aliphatic rings. The molecule has 1 heterocycles. The van der Waals surface area contributed by atoms with Crippen LogP contribution in [0.4, 0.5) is 0 Å². The number of hydrogen-bond donors (Lipinski definition) is 1. The highest BCUT2D eigenvalue weighted by Gasteiger charge is 2.22. The van der Waals surface area contributed by atoms with Gasteiger partial charge in [0.05, 0.1) is 10.6 Å². The van der Waals surface area contributed by atoms with Gasteiger partial charge in [-0.1, -0.05) is 61.9 Å². The minimum absolute atomic E-state index is 0.0686. The summed E-state index contributed by atoms with van der Waals surface area (Å²) in [7, 11) is -3.55. The maximum absolute atomic E-state index is 13.1. The van der Waals surface area contributed by atoms with Gasteiger partial charge in [0.15, 0.2) is 9.84 Å². The van der Waals surface area contributed by atoms with Crippen LogP contribution >= 0.6 is 0 Å². The number of carbonyl (C=O) groups is 1. The first-order valence-corrected chi connectivity index (χ1v) is 11.0. The van der Waals surface area contributed by atoms with Gasteiger partial charge in [-0.15, -0.1) is 0 Å². The second-order valence-corrected chi connectivity index (χ2v) is 9.54. The number of hydrogen-bond acceptors (Lipinski definition) is 3. The largest absolute Gasteiger partial charge is 0.354 e. The van der Waals surface area contributed by atoms with Crippen molar-refractivity contribution in [3.05, 3.63) is 65.9 Å². The summed E-state index contributed by atoms with van der Waals surface area (Å²) in [4.78, 5) is 12.5. The number of sulfone groups is 1. The van der Waals surface area contributed by atoms with Gasteiger partial charge in [-0.3, -0.25) is 4.79 Å². The molecular weight excluding hydrogens is 372 g/mol. The van der Waals surface area contributed by atoms with Gasteiger partial charge in [0, 0.05) is 23.6 Å². The zero-order valence-corrected chi connectivity index (χ0v) is 17.3. The number of benzene rings is 2. The van der Waals surface area contributed by atoms with Crippen LogP contribution in [-0.4, -0.2) is 25.4 Å². The predicted octanol–water partition coefficient (Wildman–Crippen LogP) is 3.70. The van der Waals surface area contributed by atoms with Crippen LogP contribution in [-0.2, 0) is 26.9 Å². The van der Waals surface area contributed by atoms with E-state index in [0.717, 1.165) is 16.6 Å². The molecule has 3 rings (SSSR count). The molecule has 148 valence electrons. The van der Waals surface area contributed by atoms with Crippen LogP contribution in [0.25, 0.3) is 10.9 Å². The van der Waals surface area contributed by atoms with E-state index in [1.165, 1.54) is 0 Å². The first-order chi connectivity index (χ1) is 13.3. The molecule has 0 saturated carbocycles. The van der Waals surface area contributed by atoms with E-state index in [1.807, 2.05) is 63.2 Å². The van der Waals surface area contributed by atoms with E-state index >= 15 is 0 Å². The molecule has 0 fully saturated rings. The van der Waals surface area contributed by atoms with Crippen molar-refractivity contribution in [2.45, 2.75) is 38.0 Å². The lowest BCUT2D eigenvalue weighted by atomic mass is 10.2. The zero-order valence-electron chi connectivity index (χ0n) is 16.5. The van der Waals surface area contributed by atoms with Gasteiger partial charge in [-0.2, -0.15) is 0 Å². The third-order valence-corrected chi connectivity index (χ3v) is 6.29. The number of rotatable bonds is 7. The van der Waals surface area contributed by atoms with Crippen molar-refractivity contribution in [1.82, 2.24) is 9.88 Å². The highest BCUT2D eigenvalue weighted by molar-refractivity contribution is 7.90. The Labute approximate surface area is 166 Å². The minimum atomic E-state index is -3.55. The fourth-order valence-electron chi connectivity index (χ4n) is 3.10. The van der Waals surface area contributed by atoms with Crippen molar-refractivity contribution in [2.24, 2.45) is 5.92 Å². The van der Waals surface area contributed by atoms with Gasteiger partial charge >= 0.3 is 0 Å². The van der Waals surface area contributed by atoms with Gasteiger partial charge in [0.25, 0.3) is 0 Å². The van der Waals surface area contributed by atoms with E-state index in [-0.39, 0.29) is 23.1 Å². The summed E-state index contributed by atoms with van der Waals surface area (Å²) in [6.07, 6.45) is 1.59. The van der Waals surface area contributed by atoms with E-state index in [1.54, 1.807) is 16.8 Å². The number of para-hydroxylation sites is 1. The molecule has 2 aromatic carbocycles. The summed E-state index contributed by atoms with van der Waals surface area (Å²) in [6, 6.07) is 14.8. The van der Waals surface area contributed by atoms with Crippen molar-refractivity contribution in [3.63, 3.8) is 0 Å². The molecule has 0 aliphatic heterocycles. The fourth-order valence-corrected chi connectivity index (χ4v) is 4.68. The Hall–Kier alpha value is -2.60. The molecule has 0 spiro atoms. The van der Waals surface area contributed by atoms with Crippen molar-refractivity contribution >= 4 is 26.6 Å². The molecule has 0 atom stereocenters. The van der Waals surface area contributed by atoms with Crippen LogP contribution in [0, 0.1) is 12.8 Å². The van der Waals surface area contributed by atoms with E-state index in [4.69, 9.17) is 0 Å². The third kappa shape index (κ3) is 4.62. The lowest BCUT2D eigenvalue weighted by Crippen LogP contribution is -2.30. The lowest BCUT2D eigenvalue weighted by Gasteiger charge is -2.09. The van der Waals surface area contributed by atoms with E-state index < -0.39 is 9.84 Å². The van der Waals surface area contributed by atoms with Crippen LogP contribution < -0.4 is 5.32 Å². The number of nitrogens with one attached hydrogen (secondary N) is 1. The quantitative estimate of drug-likeness (QED) is 0.660. The lowest BCUT2D eigenvalue weighted by molar-refractivity contribution is -0.121. The van der Waals surface area contributed by atoms with Crippen LogP contribution in [0.3, 0.4) is 0 Å². The highest BCUT2D eigenvalue weighted by atomic mass is 32.2. The normalized spacial score (nSPS) is 11.9. The predicted molar refractivity (Wildman–Crippen MR) is 112 cm³/mol. The number of carbonyl (C=O) groups excluding carboxylic acids is 1. The number of amides is 1. The monoisotopic (exact) mass is 398 g/mol. The van der Waals surface area contributed by atoms with Crippen molar-refractivity contribution < 1.29 is 13.2 Å². The highest BCUT2D eigenvalue weighted by Crippen LogP contribution is 2.28. The molecule has 6 heteroatoms. The fraction of sp³-hybridized carbons (Fsp3) is 0.318. The van der Waals surface area contributed by atoms with Crippen molar-refractivity contribution in [3.8, 4) is 0 Å². The molecule has 0 saturated heterocycles. The van der Waals surface area contributed by atoms with E-state index in [9.17, 15) is 13.2 Å². The van der Waals surface area contributed by atoms with E-state index in [0.29, 0.717) is 17.8 Å². The summed E-state index contributed by atoms with van der Waals surface area (Å²) in [5.41, 5.74) is 2.58. The smallest absolute Gasteiger partial charge is 0.239 e. The van der Waals surface area contributed by atoms with Gasteiger partial charge in [0.2, 0.25) is 5.91 Å². The average Bonchev–Trinajstić information content (AvgIpc) is 3.01. The summed E-state index contributed by atoms with van der Waals surface area (Å²) in [6.45, 7) is 6.71. The average molecular weight is 399 g/mol.